The highest BCUT2D eigenvalue weighted by Crippen LogP contribution is 2.28. The minimum atomic E-state index is 0.748. The highest BCUT2D eigenvalue weighted by Gasteiger charge is 2.11. The van der Waals surface area contributed by atoms with E-state index in [4.69, 9.17) is 11.6 Å². The Morgan fingerprint density at radius 3 is 2.54 bits per heavy atom. The van der Waals surface area contributed by atoms with Crippen LogP contribution in [0.15, 0.2) is 72.1 Å². The number of hydrogen-bond donors (Lipinski definition) is 0. The van der Waals surface area contributed by atoms with Crippen LogP contribution in [0.5, 0.6) is 0 Å². The summed E-state index contributed by atoms with van der Waals surface area (Å²) in [5.41, 5.74) is 3.00. The van der Waals surface area contributed by atoms with Crippen LogP contribution in [0, 0.1) is 0 Å². The van der Waals surface area contributed by atoms with Gasteiger partial charge >= 0.3 is 0 Å². The quantitative estimate of drug-likeness (QED) is 0.392. The third-order valence-corrected chi connectivity index (χ3v) is 4.95. The van der Waals surface area contributed by atoms with Gasteiger partial charge in [0.15, 0.2) is 5.65 Å². The van der Waals surface area contributed by atoms with Gasteiger partial charge < -0.3 is 0 Å². The number of thioether (sulfide) groups is 1. The van der Waals surface area contributed by atoms with Crippen LogP contribution in [0.3, 0.4) is 0 Å². The molecule has 0 bridgehead atoms. The molecule has 0 unspecified atom stereocenters. The van der Waals surface area contributed by atoms with E-state index in [2.05, 4.69) is 15.1 Å². The van der Waals surface area contributed by atoms with E-state index in [-0.39, 0.29) is 0 Å². The Bertz CT molecular complexity index is 967. The Balaban J connectivity index is 1.65. The average Bonchev–Trinajstić information content (AvgIpc) is 3.07. The molecule has 0 radical (unpaired) electrons. The maximum atomic E-state index is 5.93. The lowest BCUT2D eigenvalue weighted by Gasteiger charge is -2.04. The summed E-state index contributed by atoms with van der Waals surface area (Å²) in [6.07, 6.45) is 3.42. The van der Waals surface area contributed by atoms with Gasteiger partial charge in [-0.05, 0) is 29.8 Å². The van der Waals surface area contributed by atoms with Crippen molar-refractivity contribution in [3.63, 3.8) is 0 Å². The van der Waals surface area contributed by atoms with Crippen LogP contribution >= 0.6 is 23.4 Å². The fourth-order valence-electron chi connectivity index (χ4n) is 2.43. The van der Waals surface area contributed by atoms with Crippen LogP contribution in [-0.2, 0) is 5.75 Å². The first-order chi connectivity index (χ1) is 11.8. The lowest BCUT2D eigenvalue weighted by Crippen LogP contribution is -1.97. The Morgan fingerprint density at radius 1 is 0.958 bits per heavy atom. The van der Waals surface area contributed by atoms with E-state index >= 15 is 0 Å². The van der Waals surface area contributed by atoms with Gasteiger partial charge in [-0.15, -0.1) is 11.8 Å². The molecule has 2 heterocycles. The Morgan fingerprint density at radius 2 is 1.75 bits per heavy atom. The summed E-state index contributed by atoms with van der Waals surface area (Å²) in [6, 6.07) is 17.8. The van der Waals surface area contributed by atoms with Crippen LogP contribution in [-0.4, -0.2) is 19.7 Å². The number of para-hydroxylation sites is 1. The monoisotopic (exact) mass is 352 g/mol. The zero-order valence-electron chi connectivity index (χ0n) is 12.6. The minimum absolute atomic E-state index is 0.748. The average molecular weight is 353 g/mol. The first kappa shape index (κ1) is 15.2. The highest BCUT2D eigenvalue weighted by atomic mass is 35.5. The summed E-state index contributed by atoms with van der Waals surface area (Å²) in [5, 5.41) is 7.11. The zero-order valence-corrected chi connectivity index (χ0v) is 14.2. The lowest BCUT2D eigenvalue weighted by atomic mass is 10.2. The molecule has 4 nitrogen and oxygen atoms in total. The van der Waals surface area contributed by atoms with Gasteiger partial charge in [-0.1, -0.05) is 41.9 Å². The third-order valence-electron chi connectivity index (χ3n) is 3.62. The molecule has 0 atom stereocenters. The molecular weight excluding hydrogens is 340 g/mol. The lowest BCUT2D eigenvalue weighted by molar-refractivity contribution is 0.893. The van der Waals surface area contributed by atoms with Crippen LogP contribution in [0.4, 0.5) is 0 Å². The van der Waals surface area contributed by atoms with Crippen molar-refractivity contribution in [1.29, 1.82) is 0 Å². The molecule has 0 spiro atoms. The van der Waals surface area contributed by atoms with Gasteiger partial charge in [-0.2, -0.15) is 5.10 Å². The van der Waals surface area contributed by atoms with E-state index in [1.54, 1.807) is 18.1 Å². The molecule has 2 aromatic heterocycles. The normalized spacial score (nSPS) is 11.0. The molecule has 24 heavy (non-hydrogen) atoms. The number of aromatic nitrogens is 4. The van der Waals surface area contributed by atoms with Crippen molar-refractivity contribution in [3.05, 3.63) is 77.7 Å². The zero-order chi connectivity index (χ0) is 16.4. The van der Waals surface area contributed by atoms with E-state index in [0.29, 0.717) is 0 Å². The van der Waals surface area contributed by atoms with Crippen LogP contribution in [0.1, 0.15) is 5.56 Å². The van der Waals surface area contributed by atoms with Gasteiger partial charge in [-0.3, -0.25) is 0 Å². The summed E-state index contributed by atoms with van der Waals surface area (Å²) in [7, 11) is 0. The van der Waals surface area contributed by atoms with Gasteiger partial charge in [0.1, 0.15) is 11.4 Å². The predicted molar refractivity (Wildman–Crippen MR) is 97.7 cm³/mol. The molecule has 118 valence electrons. The van der Waals surface area contributed by atoms with Gasteiger partial charge in [0, 0.05) is 10.8 Å². The fourth-order valence-corrected chi connectivity index (χ4v) is 3.47. The number of rotatable bonds is 4. The third kappa shape index (κ3) is 3.00. The van der Waals surface area contributed by atoms with Gasteiger partial charge in [0.05, 0.1) is 17.3 Å². The smallest absolute Gasteiger partial charge is 0.167 e. The number of halogens is 1. The molecule has 2 aromatic carbocycles. The summed E-state index contributed by atoms with van der Waals surface area (Å²) in [6.45, 7) is 0. The standard InChI is InChI=1S/C18H13ClN4S/c19-14-8-6-13(7-9-14)11-24-18-16-10-22-23(17(16)20-12-21-18)15-4-2-1-3-5-15/h1-10,12H,11H2. The van der Waals surface area contributed by atoms with Crippen molar-refractivity contribution >= 4 is 34.4 Å². The van der Waals surface area contributed by atoms with Crippen molar-refractivity contribution in [2.45, 2.75) is 10.8 Å². The number of nitrogens with zero attached hydrogens (tertiary/aromatic N) is 4. The summed E-state index contributed by atoms with van der Waals surface area (Å²) < 4.78 is 1.84. The second kappa shape index (κ2) is 6.63. The molecule has 4 rings (SSSR count). The largest absolute Gasteiger partial charge is 0.229 e. The maximum Gasteiger partial charge on any atom is 0.167 e. The molecule has 0 aliphatic carbocycles. The molecule has 4 aromatic rings. The van der Waals surface area contributed by atoms with Crippen molar-refractivity contribution in [2.24, 2.45) is 0 Å². The molecule has 0 aliphatic rings. The molecule has 0 aliphatic heterocycles. The Kier molecular flexibility index (Phi) is 4.19. The molecule has 0 amide bonds. The summed E-state index contributed by atoms with van der Waals surface area (Å²) in [5.74, 6) is 0.819. The molecule has 0 fully saturated rings. The van der Waals surface area contributed by atoms with Crippen LogP contribution < -0.4 is 0 Å². The molecular formula is C18H13ClN4S. The topological polar surface area (TPSA) is 43.6 Å². The molecule has 0 saturated heterocycles. The van der Waals surface area contributed by atoms with Crippen LogP contribution in [0.2, 0.25) is 5.02 Å². The van der Waals surface area contributed by atoms with Gasteiger partial charge in [-0.25, -0.2) is 14.6 Å². The van der Waals surface area contributed by atoms with E-state index in [1.807, 2.05) is 65.5 Å². The summed E-state index contributed by atoms with van der Waals surface area (Å²) >= 11 is 7.60. The number of fused-ring (bicyclic) bond motifs is 1. The van der Waals surface area contributed by atoms with Crippen molar-refractivity contribution in [3.8, 4) is 5.69 Å². The Labute approximate surface area is 148 Å². The summed E-state index contributed by atoms with van der Waals surface area (Å²) in [4.78, 5) is 8.82. The minimum Gasteiger partial charge on any atom is -0.229 e. The SMILES string of the molecule is Clc1ccc(CSc2ncnc3c2cnn3-c2ccccc2)cc1. The van der Waals surface area contributed by atoms with Crippen molar-refractivity contribution in [1.82, 2.24) is 19.7 Å². The van der Waals surface area contributed by atoms with E-state index < -0.39 is 0 Å². The molecule has 0 N–H and O–H groups in total. The van der Waals surface area contributed by atoms with Crippen molar-refractivity contribution < 1.29 is 0 Å². The van der Waals surface area contributed by atoms with E-state index in [0.717, 1.165) is 32.5 Å². The van der Waals surface area contributed by atoms with E-state index in [9.17, 15) is 0 Å². The fraction of sp³-hybridized carbons (Fsp3) is 0.0556. The molecule has 6 heteroatoms. The number of hydrogen-bond acceptors (Lipinski definition) is 4. The number of benzene rings is 2. The first-order valence-electron chi connectivity index (χ1n) is 7.43. The predicted octanol–water partition coefficient (Wildman–Crippen LogP) is 4.76. The van der Waals surface area contributed by atoms with Gasteiger partial charge in [0.2, 0.25) is 0 Å². The first-order valence-corrected chi connectivity index (χ1v) is 8.79. The van der Waals surface area contributed by atoms with Crippen molar-refractivity contribution in [2.75, 3.05) is 0 Å². The second-order valence-electron chi connectivity index (χ2n) is 5.22. The highest BCUT2D eigenvalue weighted by molar-refractivity contribution is 7.98. The Hall–Kier alpha value is -2.37. The van der Waals surface area contributed by atoms with Gasteiger partial charge in [0.25, 0.3) is 0 Å². The second-order valence-corrected chi connectivity index (χ2v) is 6.62. The maximum absolute atomic E-state index is 5.93. The van der Waals surface area contributed by atoms with Crippen LogP contribution in [0.25, 0.3) is 16.7 Å². The molecule has 0 saturated carbocycles. The van der Waals surface area contributed by atoms with E-state index in [1.165, 1.54) is 5.56 Å².